The molecule has 1 aliphatic carbocycles. The van der Waals surface area contributed by atoms with Crippen molar-refractivity contribution in [2.24, 2.45) is 0 Å². The molecule has 0 saturated carbocycles. The summed E-state index contributed by atoms with van der Waals surface area (Å²) < 4.78 is 5.87. The standard InChI is InChI=1S/C34H37N3O7/c38-28-14-12-25(26-13-15-30(40)36-31(26)28)29(39)21-35-18-5-1-2-6-19-44-24-10-7-9-23(20-24)32(41)37-34(33(42)43)17-16-22-8-3-4-11-27(22)34/h3-4,7-15,20,29,35,38-39H,1-2,5-6,16-19,21H2,(H,36,40)(H,37,41)(H,42,43)/t29-,34?/m0/s1. The van der Waals surface area contributed by atoms with E-state index in [1.54, 1.807) is 48.5 Å². The Labute approximate surface area is 254 Å². The fourth-order valence-electron chi connectivity index (χ4n) is 5.80. The number of aryl methyl sites for hydroxylation is 1. The molecule has 44 heavy (non-hydrogen) atoms. The smallest absolute Gasteiger partial charge is 0.334 e. The summed E-state index contributed by atoms with van der Waals surface area (Å²) in [6.45, 7) is 1.55. The number of carbonyl (C=O) groups is 2. The SMILES string of the molecule is O=C(NC1(C(=O)O)CCc2ccccc21)c1cccc(OCCCCCCNC[C@H](O)c2ccc(O)c3[nH]c(=O)ccc23)c1. The van der Waals surface area contributed by atoms with Gasteiger partial charge in [-0.25, -0.2) is 4.79 Å². The Hall–Kier alpha value is -4.67. The van der Waals surface area contributed by atoms with Crippen LogP contribution >= 0.6 is 0 Å². The molecule has 3 aromatic carbocycles. The second kappa shape index (κ2) is 13.7. The number of phenols is 1. The van der Waals surface area contributed by atoms with Crippen LogP contribution < -0.4 is 20.9 Å². The number of carbonyl (C=O) groups excluding carboxylic acids is 1. The number of hydrogen-bond acceptors (Lipinski definition) is 7. The number of aliphatic hydroxyl groups is 1. The molecule has 2 atom stereocenters. The van der Waals surface area contributed by atoms with Crippen LogP contribution in [0.5, 0.6) is 11.5 Å². The van der Waals surface area contributed by atoms with Gasteiger partial charge in [0.05, 0.1) is 18.2 Å². The number of aromatic amines is 1. The van der Waals surface area contributed by atoms with Crippen LogP contribution in [0.25, 0.3) is 10.9 Å². The van der Waals surface area contributed by atoms with Gasteiger partial charge in [-0.2, -0.15) is 0 Å². The largest absolute Gasteiger partial charge is 0.506 e. The van der Waals surface area contributed by atoms with Crippen molar-refractivity contribution in [2.75, 3.05) is 19.7 Å². The molecule has 6 N–H and O–H groups in total. The molecule has 1 unspecified atom stereocenters. The summed E-state index contributed by atoms with van der Waals surface area (Å²) >= 11 is 0. The lowest BCUT2D eigenvalue weighted by Gasteiger charge is -2.27. The number of hydrogen-bond donors (Lipinski definition) is 6. The molecule has 0 bridgehead atoms. The average molecular weight is 600 g/mol. The Balaban J connectivity index is 1.02. The van der Waals surface area contributed by atoms with Crippen molar-refractivity contribution in [1.29, 1.82) is 0 Å². The van der Waals surface area contributed by atoms with Crippen LogP contribution in [-0.4, -0.2) is 51.9 Å². The third-order valence-corrected chi connectivity index (χ3v) is 8.15. The van der Waals surface area contributed by atoms with Gasteiger partial charge in [-0.3, -0.25) is 9.59 Å². The molecule has 1 aromatic heterocycles. The van der Waals surface area contributed by atoms with Gasteiger partial charge in [0.1, 0.15) is 11.5 Å². The number of aromatic hydroxyl groups is 1. The number of carboxylic acid groups (broad SMARTS) is 1. The summed E-state index contributed by atoms with van der Waals surface area (Å²) in [6, 6.07) is 20.2. The summed E-state index contributed by atoms with van der Waals surface area (Å²) in [7, 11) is 0. The molecule has 10 heteroatoms. The molecule has 0 radical (unpaired) electrons. The van der Waals surface area contributed by atoms with E-state index in [2.05, 4.69) is 15.6 Å². The van der Waals surface area contributed by atoms with Crippen LogP contribution in [0.15, 0.2) is 77.6 Å². The van der Waals surface area contributed by atoms with E-state index in [9.17, 15) is 29.7 Å². The minimum absolute atomic E-state index is 0.0387. The van der Waals surface area contributed by atoms with E-state index in [1.165, 1.54) is 12.1 Å². The quantitative estimate of drug-likeness (QED) is 0.118. The molecule has 10 nitrogen and oxygen atoms in total. The first-order chi connectivity index (χ1) is 21.3. The van der Waals surface area contributed by atoms with Crippen molar-refractivity contribution in [3.05, 3.63) is 105 Å². The Morgan fingerprint density at radius 1 is 0.977 bits per heavy atom. The van der Waals surface area contributed by atoms with E-state index in [1.807, 2.05) is 12.1 Å². The van der Waals surface area contributed by atoms with E-state index in [0.29, 0.717) is 59.3 Å². The summed E-state index contributed by atoms with van der Waals surface area (Å²) in [4.78, 5) is 39.6. The zero-order valence-electron chi connectivity index (χ0n) is 24.3. The van der Waals surface area contributed by atoms with Crippen LogP contribution in [0.4, 0.5) is 0 Å². The number of benzene rings is 3. The van der Waals surface area contributed by atoms with Crippen LogP contribution in [0, 0.1) is 0 Å². The van der Waals surface area contributed by atoms with Gasteiger partial charge in [-0.1, -0.05) is 49.2 Å². The minimum atomic E-state index is -1.45. The number of ether oxygens (including phenoxy) is 1. The normalized spacial score (nSPS) is 16.4. The van der Waals surface area contributed by atoms with Crippen molar-refractivity contribution < 1.29 is 29.6 Å². The highest BCUT2D eigenvalue weighted by Crippen LogP contribution is 2.37. The first-order valence-electron chi connectivity index (χ1n) is 14.9. The monoisotopic (exact) mass is 599 g/mol. The zero-order valence-corrected chi connectivity index (χ0v) is 24.3. The number of carboxylic acids is 1. The fourth-order valence-corrected chi connectivity index (χ4v) is 5.80. The highest BCUT2D eigenvalue weighted by atomic mass is 16.5. The maximum Gasteiger partial charge on any atom is 0.334 e. The van der Waals surface area contributed by atoms with E-state index < -0.39 is 23.5 Å². The summed E-state index contributed by atoms with van der Waals surface area (Å²) in [5, 5.41) is 37.4. The lowest BCUT2D eigenvalue weighted by atomic mass is 9.91. The van der Waals surface area contributed by atoms with E-state index >= 15 is 0 Å². The van der Waals surface area contributed by atoms with Gasteiger partial charge < -0.3 is 35.7 Å². The molecule has 0 spiro atoms. The van der Waals surface area contributed by atoms with Gasteiger partial charge in [-0.15, -0.1) is 0 Å². The summed E-state index contributed by atoms with van der Waals surface area (Å²) in [5.74, 6) is -1.02. The topological polar surface area (TPSA) is 161 Å². The van der Waals surface area contributed by atoms with Gasteiger partial charge in [0, 0.05) is 23.6 Å². The molecular weight excluding hydrogens is 562 g/mol. The zero-order chi connectivity index (χ0) is 31.1. The number of amides is 1. The van der Waals surface area contributed by atoms with Gasteiger partial charge in [0.2, 0.25) is 5.56 Å². The minimum Gasteiger partial charge on any atom is -0.506 e. The second-order valence-electron chi connectivity index (χ2n) is 11.1. The van der Waals surface area contributed by atoms with Crippen molar-refractivity contribution in [3.8, 4) is 11.5 Å². The molecule has 0 saturated heterocycles. The van der Waals surface area contributed by atoms with Crippen LogP contribution in [-0.2, 0) is 16.8 Å². The number of unbranched alkanes of at least 4 members (excludes halogenated alkanes) is 3. The maximum atomic E-state index is 13.1. The van der Waals surface area contributed by atoms with Crippen molar-refractivity contribution in [1.82, 2.24) is 15.6 Å². The highest BCUT2D eigenvalue weighted by Gasteiger charge is 2.46. The van der Waals surface area contributed by atoms with Crippen molar-refractivity contribution in [2.45, 2.75) is 50.2 Å². The number of aliphatic carboxylic acids is 1. The summed E-state index contributed by atoms with van der Waals surface area (Å²) in [5.41, 5.74) is 1.08. The third kappa shape index (κ3) is 6.77. The molecule has 0 aliphatic heterocycles. The molecule has 4 aromatic rings. The number of phenolic OH excluding ortho intramolecular Hbond substituents is 1. The average Bonchev–Trinajstić information content (AvgIpc) is 3.40. The molecule has 1 heterocycles. The molecule has 1 aliphatic rings. The van der Waals surface area contributed by atoms with E-state index in [0.717, 1.165) is 37.8 Å². The number of pyridine rings is 1. The molecule has 5 rings (SSSR count). The van der Waals surface area contributed by atoms with E-state index in [-0.39, 0.29) is 11.3 Å². The third-order valence-electron chi connectivity index (χ3n) is 8.15. The molecule has 0 fully saturated rings. The number of H-pyrrole nitrogens is 1. The first-order valence-corrected chi connectivity index (χ1v) is 14.9. The van der Waals surface area contributed by atoms with Crippen molar-refractivity contribution >= 4 is 22.8 Å². The second-order valence-corrected chi connectivity index (χ2v) is 11.1. The molecule has 230 valence electrons. The predicted octanol–water partition coefficient (Wildman–Crippen LogP) is 4.15. The fraction of sp³-hybridized carbons (Fsp3) is 0.324. The number of aliphatic hydroxyl groups excluding tert-OH is 1. The lowest BCUT2D eigenvalue weighted by Crippen LogP contribution is -2.50. The predicted molar refractivity (Wildman–Crippen MR) is 166 cm³/mol. The van der Waals surface area contributed by atoms with Crippen molar-refractivity contribution in [3.63, 3.8) is 0 Å². The van der Waals surface area contributed by atoms with Gasteiger partial charge >= 0.3 is 5.97 Å². The van der Waals surface area contributed by atoms with Crippen LogP contribution in [0.3, 0.4) is 0 Å². The Bertz CT molecular complexity index is 1700. The maximum absolute atomic E-state index is 13.1. The number of rotatable bonds is 14. The highest BCUT2D eigenvalue weighted by molar-refractivity contribution is 5.99. The first kappa shape index (κ1) is 30.8. The molecule has 1 amide bonds. The van der Waals surface area contributed by atoms with Gasteiger partial charge in [0.25, 0.3) is 5.91 Å². The van der Waals surface area contributed by atoms with Gasteiger partial charge in [-0.05, 0) is 79.3 Å². The van der Waals surface area contributed by atoms with Crippen LogP contribution in [0.2, 0.25) is 0 Å². The summed E-state index contributed by atoms with van der Waals surface area (Å²) in [6.07, 6.45) is 3.76. The Morgan fingerprint density at radius 2 is 1.80 bits per heavy atom. The van der Waals surface area contributed by atoms with Crippen LogP contribution in [0.1, 0.15) is 65.3 Å². The van der Waals surface area contributed by atoms with Gasteiger partial charge in [0.15, 0.2) is 5.54 Å². The van der Waals surface area contributed by atoms with E-state index in [4.69, 9.17) is 4.74 Å². The Morgan fingerprint density at radius 3 is 2.64 bits per heavy atom. The number of fused-ring (bicyclic) bond motifs is 2. The number of aromatic nitrogens is 1. The molecular formula is C34H37N3O7. The number of nitrogens with one attached hydrogen (secondary N) is 3. The lowest BCUT2D eigenvalue weighted by molar-refractivity contribution is -0.144. The Kier molecular flexibility index (Phi) is 9.62.